The van der Waals surface area contributed by atoms with Crippen LogP contribution in [0.3, 0.4) is 0 Å². The van der Waals surface area contributed by atoms with Gasteiger partial charge in [0.1, 0.15) is 10.7 Å². The summed E-state index contributed by atoms with van der Waals surface area (Å²) < 4.78 is 11.9. The predicted octanol–water partition coefficient (Wildman–Crippen LogP) is 1.37. The Hall–Kier alpha value is -0.720. The summed E-state index contributed by atoms with van der Waals surface area (Å²) in [5.41, 5.74) is 0.773. The predicted molar refractivity (Wildman–Crippen MR) is 71.4 cm³/mol. The Morgan fingerprint density at radius 3 is 3.00 bits per heavy atom. The van der Waals surface area contributed by atoms with Crippen LogP contribution in [0.15, 0.2) is 4.90 Å². The molecule has 1 aliphatic rings. The number of aromatic nitrogens is 2. The largest absolute Gasteiger partial charge is 0.396 e. The molecular formula is C11H16ClN3O2S. The maximum atomic E-state index is 11.9. The first-order valence-corrected chi connectivity index (χ1v) is 7.67. The van der Waals surface area contributed by atoms with Gasteiger partial charge in [0.15, 0.2) is 0 Å². The van der Waals surface area contributed by atoms with Crippen molar-refractivity contribution in [3.8, 4) is 0 Å². The maximum absolute atomic E-state index is 11.9. The van der Waals surface area contributed by atoms with Gasteiger partial charge in [-0.3, -0.25) is 4.21 Å². The number of rotatable bonds is 5. The lowest BCUT2D eigenvalue weighted by atomic mass is 10.1. The topological polar surface area (TPSA) is 75.1 Å². The van der Waals surface area contributed by atoms with Crippen LogP contribution in [0.25, 0.3) is 0 Å². The van der Waals surface area contributed by atoms with Crippen LogP contribution < -0.4 is 5.32 Å². The molecule has 0 amide bonds. The van der Waals surface area contributed by atoms with Crippen LogP contribution >= 0.6 is 11.6 Å². The van der Waals surface area contributed by atoms with Crippen LogP contribution in [0, 0.1) is 0 Å². The van der Waals surface area contributed by atoms with E-state index in [2.05, 4.69) is 15.3 Å². The molecule has 5 nitrogen and oxygen atoms in total. The number of nitrogens with zero attached hydrogens (tertiary/aromatic N) is 2. The van der Waals surface area contributed by atoms with Crippen molar-refractivity contribution in [2.75, 3.05) is 17.7 Å². The molecule has 2 unspecified atom stereocenters. The first-order valence-electron chi connectivity index (χ1n) is 5.97. The van der Waals surface area contributed by atoms with Gasteiger partial charge < -0.3 is 10.4 Å². The van der Waals surface area contributed by atoms with E-state index in [1.54, 1.807) is 0 Å². The Labute approximate surface area is 113 Å². The number of aliphatic hydroxyl groups excluding tert-OH is 1. The number of nitrogens with one attached hydrogen (secondary N) is 1. The van der Waals surface area contributed by atoms with Gasteiger partial charge in [-0.2, -0.15) is 4.98 Å². The molecule has 2 atom stereocenters. The molecule has 0 radical (unpaired) electrons. The van der Waals surface area contributed by atoms with Gasteiger partial charge in [-0.1, -0.05) is 6.92 Å². The number of aryl methyl sites for hydroxylation is 1. The Morgan fingerprint density at radius 2 is 2.33 bits per heavy atom. The number of hydrogen-bond donors (Lipinski definition) is 2. The summed E-state index contributed by atoms with van der Waals surface area (Å²) in [4.78, 5) is 8.93. The monoisotopic (exact) mass is 289 g/mol. The first kappa shape index (κ1) is 13.7. The summed E-state index contributed by atoms with van der Waals surface area (Å²) in [7, 11) is -1.05. The third-order valence-corrected chi connectivity index (χ3v) is 4.60. The van der Waals surface area contributed by atoms with Crippen LogP contribution in [0.2, 0.25) is 5.28 Å². The fourth-order valence-electron chi connectivity index (χ4n) is 1.99. The highest BCUT2D eigenvalue weighted by molar-refractivity contribution is 7.85. The molecule has 0 aromatic carbocycles. The van der Waals surface area contributed by atoms with Gasteiger partial charge in [-0.05, 0) is 24.4 Å². The Morgan fingerprint density at radius 1 is 1.56 bits per heavy atom. The first-order chi connectivity index (χ1) is 8.65. The fraction of sp³-hybridized carbons (Fsp3) is 0.636. The number of aliphatic hydroxyl groups is 1. The molecule has 2 heterocycles. The van der Waals surface area contributed by atoms with Gasteiger partial charge in [-0.15, -0.1) is 0 Å². The van der Waals surface area contributed by atoms with Crippen LogP contribution in [0.4, 0.5) is 5.82 Å². The molecule has 0 aliphatic carbocycles. The lowest BCUT2D eigenvalue weighted by Gasteiger charge is -2.18. The van der Waals surface area contributed by atoms with Crippen LogP contribution in [-0.2, 0) is 17.2 Å². The number of halogens is 1. The molecule has 100 valence electrons. The SMILES string of the molecule is CCC(CCO)Nc1nc(Cl)nc2c1S(=O)CC2. The highest BCUT2D eigenvalue weighted by atomic mass is 35.5. The number of anilines is 1. The molecule has 0 bridgehead atoms. The second-order valence-corrected chi connectivity index (χ2v) is 6.02. The lowest BCUT2D eigenvalue weighted by Crippen LogP contribution is -2.22. The van der Waals surface area contributed by atoms with E-state index in [-0.39, 0.29) is 17.9 Å². The molecule has 2 N–H and O–H groups in total. The molecule has 0 saturated carbocycles. The van der Waals surface area contributed by atoms with E-state index in [1.807, 2.05) is 6.92 Å². The van der Waals surface area contributed by atoms with E-state index in [0.29, 0.717) is 29.3 Å². The molecular weight excluding hydrogens is 274 g/mol. The highest BCUT2D eigenvalue weighted by Crippen LogP contribution is 2.29. The van der Waals surface area contributed by atoms with E-state index in [0.717, 1.165) is 12.1 Å². The van der Waals surface area contributed by atoms with E-state index in [1.165, 1.54) is 0 Å². The highest BCUT2D eigenvalue weighted by Gasteiger charge is 2.26. The summed E-state index contributed by atoms with van der Waals surface area (Å²) in [6.07, 6.45) is 2.15. The van der Waals surface area contributed by atoms with Crippen molar-refractivity contribution >= 4 is 28.2 Å². The van der Waals surface area contributed by atoms with Crippen molar-refractivity contribution in [1.82, 2.24) is 9.97 Å². The zero-order valence-electron chi connectivity index (χ0n) is 10.1. The van der Waals surface area contributed by atoms with Crippen molar-refractivity contribution in [2.24, 2.45) is 0 Å². The molecule has 2 rings (SSSR count). The summed E-state index contributed by atoms with van der Waals surface area (Å²) >= 11 is 5.87. The van der Waals surface area contributed by atoms with Crippen molar-refractivity contribution in [3.05, 3.63) is 11.0 Å². The van der Waals surface area contributed by atoms with E-state index >= 15 is 0 Å². The van der Waals surface area contributed by atoms with Crippen molar-refractivity contribution in [3.63, 3.8) is 0 Å². The van der Waals surface area contributed by atoms with Crippen LogP contribution in [-0.4, -0.2) is 37.7 Å². The van der Waals surface area contributed by atoms with E-state index in [9.17, 15) is 4.21 Å². The second kappa shape index (κ2) is 5.95. The minimum atomic E-state index is -1.05. The van der Waals surface area contributed by atoms with Gasteiger partial charge >= 0.3 is 0 Å². The standard InChI is InChI=1S/C11H16ClN3O2S/c1-2-7(3-5-16)13-10-9-8(4-6-18(9)17)14-11(12)15-10/h7,16H,2-6H2,1H3,(H,13,14,15). The van der Waals surface area contributed by atoms with Crippen LogP contribution in [0.1, 0.15) is 25.5 Å². The van der Waals surface area contributed by atoms with E-state index < -0.39 is 10.8 Å². The molecule has 1 aromatic heterocycles. The summed E-state index contributed by atoms with van der Waals surface area (Å²) in [6, 6.07) is 0.0997. The minimum absolute atomic E-state index is 0.0997. The van der Waals surface area contributed by atoms with Gasteiger partial charge in [0, 0.05) is 24.8 Å². The molecule has 1 aliphatic heterocycles. The molecule has 0 saturated heterocycles. The molecule has 1 aromatic rings. The third-order valence-electron chi connectivity index (χ3n) is 2.97. The van der Waals surface area contributed by atoms with Crippen molar-refractivity contribution in [1.29, 1.82) is 0 Å². The van der Waals surface area contributed by atoms with Crippen molar-refractivity contribution < 1.29 is 9.32 Å². The van der Waals surface area contributed by atoms with Crippen LogP contribution in [0.5, 0.6) is 0 Å². The maximum Gasteiger partial charge on any atom is 0.224 e. The number of hydrogen-bond acceptors (Lipinski definition) is 5. The summed E-state index contributed by atoms with van der Waals surface area (Å²) in [5.74, 6) is 1.14. The van der Waals surface area contributed by atoms with Gasteiger partial charge in [0.2, 0.25) is 5.28 Å². The van der Waals surface area contributed by atoms with E-state index in [4.69, 9.17) is 16.7 Å². The minimum Gasteiger partial charge on any atom is -0.396 e. The Balaban J connectivity index is 2.30. The Bertz CT molecular complexity index is 470. The summed E-state index contributed by atoms with van der Waals surface area (Å²) in [6.45, 7) is 2.13. The van der Waals surface area contributed by atoms with Crippen molar-refractivity contribution in [2.45, 2.75) is 37.1 Å². The molecule has 0 spiro atoms. The average Bonchev–Trinajstić information content (AvgIpc) is 2.70. The molecule has 0 fully saturated rings. The van der Waals surface area contributed by atoms with Gasteiger partial charge in [0.25, 0.3) is 0 Å². The quantitative estimate of drug-likeness (QED) is 0.801. The smallest absolute Gasteiger partial charge is 0.224 e. The van der Waals surface area contributed by atoms with Gasteiger partial charge in [-0.25, -0.2) is 4.98 Å². The zero-order valence-corrected chi connectivity index (χ0v) is 11.7. The Kier molecular flexibility index (Phi) is 4.53. The normalized spacial score (nSPS) is 19.6. The molecule has 7 heteroatoms. The fourth-order valence-corrected chi connectivity index (χ4v) is 3.49. The third kappa shape index (κ3) is 2.81. The molecule has 18 heavy (non-hydrogen) atoms. The summed E-state index contributed by atoms with van der Waals surface area (Å²) in [5, 5.41) is 12.4. The average molecular weight is 290 g/mol. The zero-order chi connectivity index (χ0) is 13.1. The number of fused-ring (bicyclic) bond motifs is 1. The second-order valence-electron chi connectivity index (χ2n) is 4.18. The lowest BCUT2D eigenvalue weighted by molar-refractivity contribution is 0.278. The van der Waals surface area contributed by atoms with Gasteiger partial charge in [0.05, 0.1) is 16.5 Å².